The molecule has 3 fully saturated rings. The van der Waals surface area contributed by atoms with Crippen molar-refractivity contribution in [1.29, 1.82) is 0 Å². The highest BCUT2D eigenvalue weighted by Gasteiger charge is 2.78. The Hall–Kier alpha value is -0.200. The summed E-state index contributed by atoms with van der Waals surface area (Å²) >= 11 is 0. The van der Waals surface area contributed by atoms with E-state index < -0.39 is 47.0 Å². The van der Waals surface area contributed by atoms with Crippen molar-refractivity contribution >= 4 is 0 Å². The Morgan fingerprint density at radius 2 is 1.55 bits per heavy atom. The number of hydrogen-bond donors (Lipinski definition) is 4. The van der Waals surface area contributed by atoms with Gasteiger partial charge in [0.05, 0.1) is 35.4 Å². The summed E-state index contributed by atoms with van der Waals surface area (Å²) in [6.45, 7) is 7.41. The average molecular weight is 286 g/mol. The lowest BCUT2D eigenvalue weighted by atomic mass is 9.48. The maximum absolute atomic E-state index is 10.9. The fraction of sp³-hybridized carbons (Fsp3) is 1.00. The Balaban J connectivity index is 2.23. The van der Waals surface area contributed by atoms with Crippen LogP contribution < -0.4 is 0 Å². The van der Waals surface area contributed by atoms with Crippen molar-refractivity contribution in [3.8, 4) is 0 Å². The monoisotopic (exact) mass is 286 g/mol. The molecule has 5 nitrogen and oxygen atoms in total. The topological polar surface area (TPSA) is 90.2 Å². The molecular weight excluding hydrogens is 260 g/mol. The fourth-order valence-corrected chi connectivity index (χ4v) is 5.32. The molecule has 0 aromatic heterocycles. The molecule has 0 aromatic carbocycles. The van der Waals surface area contributed by atoms with Crippen molar-refractivity contribution < 1.29 is 25.2 Å². The molecule has 1 spiro atoms. The molecule has 1 aliphatic heterocycles. The molecule has 0 aromatic rings. The standard InChI is InChI=1S/C15H26O5/c1-7-5-6-8(16)14(4)12(19)10(17)9-11(18)15(7,14)20-13(9,2)3/h7-12,16-19H,5-6H2,1-4H3/t7-,8+,9-,10-,11-,12-,14+,15-/m0/s1. The van der Waals surface area contributed by atoms with Crippen LogP contribution in [-0.2, 0) is 4.74 Å². The van der Waals surface area contributed by atoms with Crippen LogP contribution in [0, 0.1) is 17.3 Å². The van der Waals surface area contributed by atoms with Crippen molar-refractivity contribution in [2.24, 2.45) is 17.3 Å². The molecule has 0 unspecified atom stereocenters. The van der Waals surface area contributed by atoms with E-state index in [0.29, 0.717) is 6.42 Å². The second kappa shape index (κ2) is 3.96. The minimum Gasteiger partial charge on any atom is -0.392 e. The third kappa shape index (κ3) is 1.32. The van der Waals surface area contributed by atoms with Gasteiger partial charge in [0.25, 0.3) is 0 Å². The molecule has 2 saturated carbocycles. The maximum Gasteiger partial charge on any atom is 0.108 e. The lowest BCUT2D eigenvalue weighted by Crippen LogP contribution is -2.74. The average Bonchev–Trinajstić information content (AvgIpc) is 2.55. The minimum atomic E-state index is -1.10. The van der Waals surface area contributed by atoms with Crippen LogP contribution in [0.5, 0.6) is 0 Å². The molecule has 5 heteroatoms. The lowest BCUT2D eigenvalue weighted by molar-refractivity contribution is -0.294. The second-order valence-corrected chi connectivity index (χ2v) is 7.68. The smallest absolute Gasteiger partial charge is 0.108 e. The van der Waals surface area contributed by atoms with Crippen molar-refractivity contribution in [3.63, 3.8) is 0 Å². The molecule has 4 N–H and O–H groups in total. The first-order valence-corrected chi connectivity index (χ1v) is 7.53. The molecule has 0 amide bonds. The Kier molecular flexibility index (Phi) is 2.91. The van der Waals surface area contributed by atoms with Crippen LogP contribution >= 0.6 is 0 Å². The molecule has 3 aliphatic rings. The van der Waals surface area contributed by atoms with Crippen molar-refractivity contribution in [2.75, 3.05) is 0 Å². The fourth-order valence-electron chi connectivity index (χ4n) is 5.32. The maximum atomic E-state index is 10.9. The van der Waals surface area contributed by atoms with E-state index in [1.165, 1.54) is 0 Å². The van der Waals surface area contributed by atoms with Gasteiger partial charge in [0, 0.05) is 5.92 Å². The number of aliphatic hydroxyl groups is 4. The van der Waals surface area contributed by atoms with E-state index in [1.807, 2.05) is 20.8 Å². The number of aliphatic hydroxyl groups excluding tert-OH is 4. The third-order valence-corrected chi connectivity index (χ3v) is 6.46. The van der Waals surface area contributed by atoms with Gasteiger partial charge in [0.15, 0.2) is 0 Å². The highest BCUT2D eigenvalue weighted by molar-refractivity contribution is 5.26. The molecule has 116 valence electrons. The first-order valence-electron chi connectivity index (χ1n) is 7.53. The highest BCUT2D eigenvalue weighted by Crippen LogP contribution is 2.65. The SMILES string of the molecule is C[C@H]1CC[C@@H](O)[C@]2(C)[C@@H](O)[C@@H](O)[C@H]3[C@H](O)[C@@]12OC3(C)C. The van der Waals surface area contributed by atoms with Crippen LogP contribution in [-0.4, -0.2) is 56.0 Å². The van der Waals surface area contributed by atoms with Gasteiger partial charge in [-0.2, -0.15) is 0 Å². The first kappa shape index (κ1) is 14.7. The van der Waals surface area contributed by atoms with Gasteiger partial charge in [-0.05, 0) is 32.6 Å². The summed E-state index contributed by atoms with van der Waals surface area (Å²) in [4.78, 5) is 0. The molecule has 0 radical (unpaired) electrons. The van der Waals surface area contributed by atoms with Crippen molar-refractivity contribution in [3.05, 3.63) is 0 Å². The summed E-state index contributed by atoms with van der Waals surface area (Å²) in [6.07, 6.45) is -2.60. The number of rotatable bonds is 0. The summed E-state index contributed by atoms with van der Waals surface area (Å²) < 4.78 is 6.27. The number of ether oxygens (including phenoxy) is 1. The molecular formula is C15H26O5. The van der Waals surface area contributed by atoms with Crippen LogP contribution in [0.3, 0.4) is 0 Å². The van der Waals surface area contributed by atoms with Gasteiger partial charge >= 0.3 is 0 Å². The van der Waals surface area contributed by atoms with Crippen LogP contribution in [0.1, 0.15) is 40.5 Å². The normalized spacial score (nSPS) is 61.2. The molecule has 1 heterocycles. The molecule has 1 saturated heterocycles. The Morgan fingerprint density at radius 1 is 0.950 bits per heavy atom. The van der Waals surface area contributed by atoms with Gasteiger partial charge in [-0.3, -0.25) is 0 Å². The highest BCUT2D eigenvalue weighted by atomic mass is 16.6. The zero-order chi connectivity index (χ0) is 15.1. The molecule has 2 bridgehead atoms. The van der Waals surface area contributed by atoms with Gasteiger partial charge in [-0.25, -0.2) is 0 Å². The van der Waals surface area contributed by atoms with E-state index in [4.69, 9.17) is 4.74 Å². The van der Waals surface area contributed by atoms with E-state index in [2.05, 4.69) is 0 Å². The van der Waals surface area contributed by atoms with Gasteiger partial charge < -0.3 is 25.2 Å². The predicted octanol–water partition coefficient (Wildman–Crippen LogP) is 0.0436. The number of hydrogen-bond acceptors (Lipinski definition) is 5. The van der Waals surface area contributed by atoms with E-state index in [0.717, 1.165) is 6.42 Å². The summed E-state index contributed by atoms with van der Waals surface area (Å²) in [5.74, 6) is -0.532. The van der Waals surface area contributed by atoms with Gasteiger partial charge in [-0.15, -0.1) is 0 Å². The molecule has 3 rings (SSSR count). The number of fused-ring (bicyclic) bond motifs is 1. The van der Waals surface area contributed by atoms with E-state index in [1.54, 1.807) is 6.92 Å². The van der Waals surface area contributed by atoms with Crippen LogP contribution in [0.25, 0.3) is 0 Å². The molecule has 2 aliphatic carbocycles. The van der Waals surface area contributed by atoms with Crippen LogP contribution in [0.15, 0.2) is 0 Å². The van der Waals surface area contributed by atoms with E-state index in [9.17, 15) is 20.4 Å². The van der Waals surface area contributed by atoms with E-state index >= 15 is 0 Å². The van der Waals surface area contributed by atoms with Crippen LogP contribution in [0.2, 0.25) is 0 Å². The zero-order valence-electron chi connectivity index (χ0n) is 12.6. The molecule has 20 heavy (non-hydrogen) atoms. The van der Waals surface area contributed by atoms with Crippen molar-refractivity contribution in [1.82, 2.24) is 0 Å². The first-order chi connectivity index (χ1) is 9.10. The lowest BCUT2D eigenvalue weighted by Gasteiger charge is -2.61. The van der Waals surface area contributed by atoms with Crippen molar-refractivity contribution in [2.45, 2.75) is 76.2 Å². The van der Waals surface area contributed by atoms with E-state index in [-0.39, 0.29) is 5.92 Å². The third-order valence-electron chi connectivity index (χ3n) is 6.46. The Labute approximate surface area is 119 Å². The minimum absolute atomic E-state index is 0.0114. The second-order valence-electron chi connectivity index (χ2n) is 7.68. The zero-order valence-corrected chi connectivity index (χ0v) is 12.6. The van der Waals surface area contributed by atoms with Gasteiger partial charge in [0.2, 0.25) is 0 Å². The summed E-state index contributed by atoms with van der Waals surface area (Å²) in [5, 5.41) is 42.5. The summed E-state index contributed by atoms with van der Waals surface area (Å²) in [7, 11) is 0. The Bertz CT molecular complexity index is 424. The van der Waals surface area contributed by atoms with Gasteiger partial charge in [-0.1, -0.05) is 13.8 Å². The van der Waals surface area contributed by atoms with Crippen LogP contribution in [0.4, 0.5) is 0 Å². The Morgan fingerprint density at radius 3 is 2.15 bits per heavy atom. The summed E-state index contributed by atoms with van der Waals surface area (Å²) in [6, 6.07) is 0. The quantitative estimate of drug-likeness (QED) is 0.505. The predicted molar refractivity (Wildman–Crippen MR) is 71.9 cm³/mol. The largest absolute Gasteiger partial charge is 0.392 e. The van der Waals surface area contributed by atoms with Gasteiger partial charge in [0.1, 0.15) is 5.60 Å². The molecule has 8 atom stereocenters. The summed E-state index contributed by atoms with van der Waals surface area (Å²) in [5.41, 5.74) is -2.80.